The van der Waals surface area contributed by atoms with Gasteiger partial charge in [-0.05, 0) is 63.5 Å². The van der Waals surface area contributed by atoms with E-state index in [1.54, 1.807) is 0 Å². The second-order valence-electron chi connectivity index (χ2n) is 8.42. The molecule has 24 heavy (non-hydrogen) atoms. The summed E-state index contributed by atoms with van der Waals surface area (Å²) in [6.07, 6.45) is 8.98. The van der Waals surface area contributed by atoms with E-state index in [4.69, 9.17) is 9.31 Å². The van der Waals surface area contributed by atoms with Crippen molar-refractivity contribution in [3.63, 3.8) is 0 Å². The Morgan fingerprint density at radius 2 is 1.62 bits per heavy atom. The molecule has 0 atom stereocenters. The Morgan fingerprint density at radius 1 is 0.958 bits per heavy atom. The molecule has 3 nitrogen and oxygen atoms in total. The summed E-state index contributed by atoms with van der Waals surface area (Å²) in [7, 11) is -0.280. The molecule has 4 heteroatoms. The third-order valence-corrected chi connectivity index (χ3v) is 6.24. The molecule has 1 aromatic heterocycles. The highest BCUT2D eigenvalue weighted by Crippen LogP contribution is 2.37. The second-order valence-corrected chi connectivity index (χ2v) is 8.42. The van der Waals surface area contributed by atoms with E-state index in [2.05, 4.69) is 62.7 Å². The first-order valence-corrected chi connectivity index (χ1v) is 9.33. The zero-order valence-electron chi connectivity index (χ0n) is 15.3. The van der Waals surface area contributed by atoms with E-state index < -0.39 is 0 Å². The van der Waals surface area contributed by atoms with Gasteiger partial charge in [0.15, 0.2) is 0 Å². The number of fused-ring (bicyclic) bond motifs is 1. The van der Waals surface area contributed by atoms with Crippen LogP contribution in [0, 0.1) is 0 Å². The van der Waals surface area contributed by atoms with Crippen LogP contribution < -0.4 is 5.46 Å². The van der Waals surface area contributed by atoms with Gasteiger partial charge < -0.3 is 13.9 Å². The van der Waals surface area contributed by atoms with Crippen molar-refractivity contribution in [3.05, 3.63) is 30.5 Å². The highest BCUT2D eigenvalue weighted by Gasteiger charge is 2.51. The Bertz CT molecular complexity index is 727. The van der Waals surface area contributed by atoms with Crippen molar-refractivity contribution < 1.29 is 9.31 Å². The van der Waals surface area contributed by atoms with Gasteiger partial charge in [0.25, 0.3) is 0 Å². The first kappa shape index (κ1) is 16.2. The topological polar surface area (TPSA) is 23.4 Å². The van der Waals surface area contributed by atoms with Gasteiger partial charge in [-0.1, -0.05) is 31.4 Å². The molecule has 0 radical (unpaired) electrons. The van der Waals surface area contributed by atoms with Crippen LogP contribution in [0.3, 0.4) is 0 Å². The molecule has 0 spiro atoms. The maximum atomic E-state index is 6.19. The van der Waals surface area contributed by atoms with Gasteiger partial charge in [-0.15, -0.1) is 0 Å². The molecule has 0 N–H and O–H groups in total. The molecule has 0 amide bonds. The van der Waals surface area contributed by atoms with E-state index in [0.717, 1.165) is 5.46 Å². The maximum Gasteiger partial charge on any atom is 0.494 e. The lowest BCUT2D eigenvalue weighted by Gasteiger charge is -2.32. The number of hydrogen-bond acceptors (Lipinski definition) is 2. The largest absolute Gasteiger partial charge is 0.494 e. The third-order valence-electron chi connectivity index (χ3n) is 6.24. The monoisotopic (exact) mass is 325 g/mol. The van der Waals surface area contributed by atoms with Gasteiger partial charge in [0.05, 0.1) is 11.2 Å². The molecular weight excluding hydrogens is 297 g/mol. The van der Waals surface area contributed by atoms with Crippen LogP contribution in [0.15, 0.2) is 30.5 Å². The third kappa shape index (κ3) is 2.60. The molecule has 128 valence electrons. The van der Waals surface area contributed by atoms with Crippen LogP contribution in [0.25, 0.3) is 10.9 Å². The van der Waals surface area contributed by atoms with Gasteiger partial charge in [0, 0.05) is 17.8 Å². The molecule has 0 unspecified atom stereocenters. The average Bonchev–Trinajstić information content (AvgIpc) is 3.06. The highest BCUT2D eigenvalue weighted by molar-refractivity contribution is 6.62. The summed E-state index contributed by atoms with van der Waals surface area (Å²) < 4.78 is 14.9. The molecule has 1 aliphatic heterocycles. The Morgan fingerprint density at radius 3 is 2.29 bits per heavy atom. The molecule has 4 rings (SSSR count). The summed E-state index contributed by atoms with van der Waals surface area (Å²) >= 11 is 0. The van der Waals surface area contributed by atoms with E-state index >= 15 is 0 Å². The van der Waals surface area contributed by atoms with Crippen molar-refractivity contribution in [1.82, 2.24) is 4.57 Å². The van der Waals surface area contributed by atoms with Crippen LogP contribution in [-0.2, 0) is 9.31 Å². The lowest BCUT2D eigenvalue weighted by atomic mass is 9.78. The van der Waals surface area contributed by atoms with Gasteiger partial charge in [-0.25, -0.2) is 0 Å². The molecule has 2 heterocycles. The van der Waals surface area contributed by atoms with E-state index in [1.165, 1.54) is 43.0 Å². The summed E-state index contributed by atoms with van der Waals surface area (Å²) in [5.41, 5.74) is 1.87. The van der Waals surface area contributed by atoms with Crippen LogP contribution >= 0.6 is 0 Å². The lowest BCUT2D eigenvalue weighted by Crippen LogP contribution is -2.41. The zero-order chi connectivity index (χ0) is 16.9. The normalized spacial score (nSPS) is 23.9. The Kier molecular flexibility index (Phi) is 3.81. The first-order valence-electron chi connectivity index (χ1n) is 9.33. The molecule has 2 fully saturated rings. The van der Waals surface area contributed by atoms with Crippen LogP contribution in [0.1, 0.15) is 65.8 Å². The average molecular weight is 325 g/mol. The first-order chi connectivity index (χ1) is 11.4. The summed E-state index contributed by atoms with van der Waals surface area (Å²) in [5, 5.41) is 1.28. The molecule has 2 aliphatic rings. The zero-order valence-corrected chi connectivity index (χ0v) is 15.3. The summed E-state index contributed by atoms with van der Waals surface area (Å²) in [6, 6.07) is 9.54. The Hall–Kier alpha value is -1.26. The fourth-order valence-corrected chi connectivity index (χ4v) is 3.99. The van der Waals surface area contributed by atoms with Crippen molar-refractivity contribution in [2.24, 2.45) is 0 Å². The molecule has 2 aromatic rings. The predicted molar refractivity (Wildman–Crippen MR) is 99.8 cm³/mol. The van der Waals surface area contributed by atoms with Crippen molar-refractivity contribution in [3.8, 4) is 0 Å². The SMILES string of the molecule is CC1(C)OB(c2ccc3c(ccn3C3CCCCC3)c2)OC1(C)C. The molecule has 0 bridgehead atoms. The Labute approximate surface area is 145 Å². The van der Waals surface area contributed by atoms with E-state index in [0.29, 0.717) is 6.04 Å². The van der Waals surface area contributed by atoms with Crippen molar-refractivity contribution in [1.29, 1.82) is 0 Å². The lowest BCUT2D eigenvalue weighted by molar-refractivity contribution is 0.00578. The number of aromatic nitrogens is 1. The maximum absolute atomic E-state index is 6.19. The molecule has 1 aromatic carbocycles. The minimum absolute atomic E-state index is 0.280. The number of hydrogen-bond donors (Lipinski definition) is 0. The number of benzene rings is 1. The molecule has 1 saturated carbocycles. The summed E-state index contributed by atoms with van der Waals surface area (Å²) in [4.78, 5) is 0. The van der Waals surface area contributed by atoms with E-state index in [1.807, 2.05) is 0 Å². The Balaban J connectivity index is 1.63. The quantitative estimate of drug-likeness (QED) is 0.762. The van der Waals surface area contributed by atoms with Crippen LogP contribution in [0.2, 0.25) is 0 Å². The minimum Gasteiger partial charge on any atom is -0.399 e. The predicted octanol–water partition coefficient (Wildman–Crippen LogP) is 4.45. The van der Waals surface area contributed by atoms with E-state index in [9.17, 15) is 0 Å². The number of rotatable bonds is 2. The summed E-state index contributed by atoms with van der Waals surface area (Å²) in [5.74, 6) is 0. The van der Waals surface area contributed by atoms with Gasteiger partial charge >= 0.3 is 7.12 Å². The van der Waals surface area contributed by atoms with E-state index in [-0.39, 0.29) is 18.3 Å². The van der Waals surface area contributed by atoms with Gasteiger partial charge in [-0.3, -0.25) is 0 Å². The van der Waals surface area contributed by atoms with Crippen molar-refractivity contribution in [2.45, 2.75) is 77.0 Å². The fourth-order valence-electron chi connectivity index (χ4n) is 3.99. The van der Waals surface area contributed by atoms with Gasteiger partial charge in [-0.2, -0.15) is 0 Å². The fraction of sp³-hybridized carbons (Fsp3) is 0.600. The van der Waals surface area contributed by atoms with Crippen molar-refractivity contribution in [2.75, 3.05) is 0 Å². The van der Waals surface area contributed by atoms with Gasteiger partial charge in [0.1, 0.15) is 0 Å². The van der Waals surface area contributed by atoms with Crippen molar-refractivity contribution >= 4 is 23.5 Å². The summed E-state index contributed by atoms with van der Waals surface area (Å²) in [6.45, 7) is 8.41. The number of nitrogens with zero attached hydrogens (tertiary/aromatic N) is 1. The standard InChI is InChI=1S/C20H28BNO2/c1-19(2)20(3,4)24-21(23-19)16-10-11-18-15(14-16)12-13-22(18)17-8-6-5-7-9-17/h10-14,17H,5-9H2,1-4H3. The molecule has 1 saturated heterocycles. The van der Waals surface area contributed by atoms with Crippen LogP contribution in [-0.4, -0.2) is 22.9 Å². The molecule has 1 aliphatic carbocycles. The van der Waals surface area contributed by atoms with Crippen LogP contribution in [0.4, 0.5) is 0 Å². The van der Waals surface area contributed by atoms with Gasteiger partial charge in [0.2, 0.25) is 0 Å². The smallest absolute Gasteiger partial charge is 0.399 e. The minimum atomic E-state index is -0.291. The second kappa shape index (κ2) is 5.64. The highest BCUT2D eigenvalue weighted by atomic mass is 16.7. The molecular formula is C20H28BNO2. The van der Waals surface area contributed by atoms with Crippen LogP contribution in [0.5, 0.6) is 0 Å².